The third-order valence-corrected chi connectivity index (χ3v) is 4.86. The molecule has 0 spiro atoms. The first-order valence-corrected chi connectivity index (χ1v) is 8.88. The van der Waals surface area contributed by atoms with E-state index in [1.54, 1.807) is 0 Å². The maximum absolute atomic E-state index is 6.65. The van der Waals surface area contributed by atoms with Crippen LogP contribution >= 0.6 is 0 Å². The van der Waals surface area contributed by atoms with E-state index >= 15 is 0 Å². The Morgan fingerprint density at radius 1 is 0.615 bits per heavy atom. The number of rotatable bonds is 4. The number of fused-ring (bicyclic) bond motifs is 1. The molecule has 0 amide bonds. The van der Waals surface area contributed by atoms with Crippen LogP contribution in [0.2, 0.25) is 0 Å². The minimum atomic E-state index is 0.776. The summed E-state index contributed by atoms with van der Waals surface area (Å²) in [5.41, 5.74) is 19.2. The second-order valence-corrected chi connectivity index (χ2v) is 6.73. The fourth-order valence-corrected chi connectivity index (χ4v) is 3.53. The van der Waals surface area contributed by atoms with Crippen LogP contribution < -0.4 is 11.5 Å². The molecule has 0 aromatic heterocycles. The summed E-state index contributed by atoms with van der Waals surface area (Å²) >= 11 is 0. The molecule has 26 heavy (non-hydrogen) atoms. The number of hydrogen-bond acceptors (Lipinski definition) is 2. The average Bonchev–Trinajstić information content (AvgIpc) is 2.67. The van der Waals surface area contributed by atoms with Crippen LogP contribution in [0.15, 0.2) is 84.9 Å². The van der Waals surface area contributed by atoms with Crippen molar-refractivity contribution in [1.82, 2.24) is 0 Å². The van der Waals surface area contributed by atoms with Crippen molar-refractivity contribution in [3.63, 3.8) is 0 Å². The van der Waals surface area contributed by atoms with Gasteiger partial charge in [0.15, 0.2) is 0 Å². The fourth-order valence-electron chi connectivity index (χ4n) is 3.53. The molecule has 4 N–H and O–H groups in total. The minimum absolute atomic E-state index is 0.776. The molecule has 0 saturated heterocycles. The maximum atomic E-state index is 6.65. The number of nitrogens with two attached hydrogens (primary N) is 2. The molecule has 0 heterocycles. The van der Waals surface area contributed by atoms with Gasteiger partial charge < -0.3 is 11.5 Å². The molecule has 2 heteroatoms. The SMILES string of the molecule is Nc1ccc2c(Cc3ccccc3)c(N)c(Cc3ccccc3)cc2c1. The van der Waals surface area contributed by atoms with Crippen LogP contribution in [-0.4, -0.2) is 0 Å². The van der Waals surface area contributed by atoms with E-state index in [9.17, 15) is 0 Å². The largest absolute Gasteiger partial charge is 0.399 e. The predicted molar refractivity (Wildman–Crippen MR) is 111 cm³/mol. The summed E-state index contributed by atoms with van der Waals surface area (Å²) in [6, 6.07) is 29.2. The molecule has 0 aliphatic carbocycles. The van der Waals surface area contributed by atoms with Crippen LogP contribution in [0.1, 0.15) is 22.3 Å². The molecule has 2 nitrogen and oxygen atoms in total. The Labute approximate surface area is 154 Å². The number of hydrogen-bond donors (Lipinski definition) is 2. The van der Waals surface area contributed by atoms with Gasteiger partial charge in [0.1, 0.15) is 0 Å². The van der Waals surface area contributed by atoms with Crippen LogP contribution in [0.3, 0.4) is 0 Å². The highest BCUT2D eigenvalue weighted by Gasteiger charge is 2.12. The van der Waals surface area contributed by atoms with Gasteiger partial charge >= 0.3 is 0 Å². The number of nitrogen functional groups attached to an aromatic ring is 2. The molecule has 128 valence electrons. The Bertz CT molecular complexity index is 1040. The van der Waals surface area contributed by atoms with Crippen LogP contribution in [0.4, 0.5) is 11.4 Å². The van der Waals surface area contributed by atoms with Crippen molar-refractivity contribution in [2.75, 3.05) is 11.5 Å². The molecular formula is C24H22N2. The summed E-state index contributed by atoms with van der Waals surface area (Å²) in [4.78, 5) is 0. The topological polar surface area (TPSA) is 52.0 Å². The summed E-state index contributed by atoms with van der Waals surface area (Å²) in [6.07, 6.45) is 1.63. The average molecular weight is 338 g/mol. The first kappa shape index (κ1) is 16.2. The summed E-state index contributed by atoms with van der Waals surface area (Å²) in [7, 11) is 0. The van der Waals surface area contributed by atoms with Crippen molar-refractivity contribution in [2.24, 2.45) is 0 Å². The molecule has 0 aliphatic rings. The van der Waals surface area contributed by atoms with Crippen LogP contribution in [0.25, 0.3) is 10.8 Å². The van der Waals surface area contributed by atoms with Crippen molar-refractivity contribution in [3.05, 3.63) is 107 Å². The van der Waals surface area contributed by atoms with E-state index < -0.39 is 0 Å². The lowest BCUT2D eigenvalue weighted by Crippen LogP contribution is -2.03. The number of benzene rings is 4. The minimum Gasteiger partial charge on any atom is -0.399 e. The molecule has 0 radical (unpaired) electrons. The summed E-state index contributed by atoms with van der Waals surface area (Å²) < 4.78 is 0. The highest BCUT2D eigenvalue weighted by Crippen LogP contribution is 2.32. The lowest BCUT2D eigenvalue weighted by Gasteiger charge is -2.16. The number of anilines is 2. The standard InChI is InChI=1S/C24H22N2/c25-21-11-12-22-19(16-21)15-20(13-17-7-3-1-4-8-17)24(26)23(22)14-18-9-5-2-6-10-18/h1-12,15-16H,13-14,25-26H2. The molecule has 4 aromatic rings. The lowest BCUT2D eigenvalue weighted by molar-refractivity contribution is 1.16. The Morgan fingerprint density at radius 2 is 1.23 bits per heavy atom. The van der Waals surface area contributed by atoms with Crippen molar-refractivity contribution < 1.29 is 0 Å². The van der Waals surface area contributed by atoms with Gasteiger partial charge in [-0.15, -0.1) is 0 Å². The Balaban J connectivity index is 1.86. The Morgan fingerprint density at radius 3 is 1.88 bits per heavy atom. The lowest BCUT2D eigenvalue weighted by atomic mass is 9.91. The van der Waals surface area contributed by atoms with E-state index in [2.05, 4.69) is 60.7 Å². The van der Waals surface area contributed by atoms with Crippen molar-refractivity contribution in [2.45, 2.75) is 12.8 Å². The first-order valence-electron chi connectivity index (χ1n) is 8.88. The molecule has 0 atom stereocenters. The summed E-state index contributed by atoms with van der Waals surface area (Å²) in [5.74, 6) is 0. The Kier molecular flexibility index (Phi) is 4.32. The monoisotopic (exact) mass is 338 g/mol. The third kappa shape index (κ3) is 3.27. The molecule has 0 bridgehead atoms. The molecule has 4 rings (SSSR count). The van der Waals surface area contributed by atoms with Crippen molar-refractivity contribution in [1.29, 1.82) is 0 Å². The van der Waals surface area contributed by atoms with E-state index in [1.807, 2.05) is 24.3 Å². The van der Waals surface area contributed by atoms with E-state index in [-0.39, 0.29) is 0 Å². The first-order chi connectivity index (χ1) is 12.7. The van der Waals surface area contributed by atoms with Gasteiger partial charge in [-0.2, -0.15) is 0 Å². The third-order valence-electron chi connectivity index (χ3n) is 4.86. The van der Waals surface area contributed by atoms with E-state index in [0.717, 1.165) is 35.2 Å². The van der Waals surface area contributed by atoms with Gasteiger partial charge in [-0.1, -0.05) is 66.7 Å². The van der Waals surface area contributed by atoms with Crippen LogP contribution in [-0.2, 0) is 12.8 Å². The zero-order chi connectivity index (χ0) is 17.9. The second-order valence-electron chi connectivity index (χ2n) is 6.73. The molecular weight excluding hydrogens is 316 g/mol. The predicted octanol–water partition coefficient (Wildman–Crippen LogP) is 5.19. The zero-order valence-corrected chi connectivity index (χ0v) is 14.7. The van der Waals surface area contributed by atoms with Gasteiger partial charge in [-0.05, 0) is 57.6 Å². The highest BCUT2D eigenvalue weighted by molar-refractivity contribution is 5.93. The van der Waals surface area contributed by atoms with Gasteiger partial charge in [-0.25, -0.2) is 0 Å². The molecule has 0 saturated carbocycles. The van der Waals surface area contributed by atoms with Gasteiger partial charge in [0.25, 0.3) is 0 Å². The van der Waals surface area contributed by atoms with Crippen LogP contribution in [0.5, 0.6) is 0 Å². The summed E-state index contributed by atoms with van der Waals surface area (Å²) in [6.45, 7) is 0. The van der Waals surface area contributed by atoms with E-state index in [1.165, 1.54) is 22.1 Å². The summed E-state index contributed by atoms with van der Waals surface area (Å²) in [5, 5.41) is 2.33. The fraction of sp³-hybridized carbons (Fsp3) is 0.0833. The zero-order valence-electron chi connectivity index (χ0n) is 14.7. The Hall–Kier alpha value is -3.26. The molecule has 4 aromatic carbocycles. The van der Waals surface area contributed by atoms with E-state index in [0.29, 0.717) is 0 Å². The van der Waals surface area contributed by atoms with Gasteiger partial charge in [0.2, 0.25) is 0 Å². The molecule has 0 unspecified atom stereocenters. The van der Waals surface area contributed by atoms with Gasteiger partial charge in [0.05, 0.1) is 0 Å². The molecule has 0 aliphatic heterocycles. The quantitative estimate of drug-likeness (QED) is 0.503. The van der Waals surface area contributed by atoms with Crippen LogP contribution in [0, 0.1) is 0 Å². The normalized spacial score (nSPS) is 10.9. The smallest absolute Gasteiger partial charge is 0.0392 e. The van der Waals surface area contributed by atoms with Gasteiger partial charge in [0, 0.05) is 17.8 Å². The van der Waals surface area contributed by atoms with E-state index in [4.69, 9.17) is 11.5 Å². The van der Waals surface area contributed by atoms with Crippen molar-refractivity contribution >= 4 is 22.1 Å². The van der Waals surface area contributed by atoms with Gasteiger partial charge in [-0.3, -0.25) is 0 Å². The van der Waals surface area contributed by atoms with Crippen molar-refractivity contribution in [3.8, 4) is 0 Å². The maximum Gasteiger partial charge on any atom is 0.0392 e. The molecule has 0 fully saturated rings. The second kappa shape index (κ2) is 6.93. The highest BCUT2D eigenvalue weighted by atomic mass is 14.6.